The fourth-order valence-corrected chi connectivity index (χ4v) is 4.67. The summed E-state index contributed by atoms with van der Waals surface area (Å²) in [7, 11) is -3.60. The van der Waals surface area contributed by atoms with Gasteiger partial charge in [0.1, 0.15) is 0 Å². The third-order valence-electron chi connectivity index (χ3n) is 3.26. The minimum Gasteiger partial charge on any atom is -0.311 e. The largest absolute Gasteiger partial charge is 0.311 e. The molecule has 0 spiro atoms. The summed E-state index contributed by atoms with van der Waals surface area (Å²) in [4.78, 5) is 5.73. The van der Waals surface area contributed by atoms with E-state index in [2.05, 4.69) is 31.0 Å². The van der Waals surface area contributed by atoms with E-state index in [0.29, 0.717) is 5.13 Å². The number of thiazole rings is 1. The van der Waals surface area contributed by atoms with Gasteiger partial charge in [-0.15, -0.1) is 0 Å². The van der Waals surface area contributed by atoms with Gasteiger partial charge in [-0.3, -0.25) is 4.72 Å². The number of nitrogens with zero attached hydrogens (tertiary/aromatic N) is 1. The molecule has 21 heavy (non-hydrogen) atoms. The van der Waals surface area contributed by atoms with Gasteiger partial charge in [0.15, 0.2) is 5.13 Å². The zero-order chi connectivity index (χ0) is 15.0. The minimum atomic E-state index is -3.60. The van der Waals surface area contributed by atoms with E-state index in [4.69, 9.17) is 0 Å². The van der Waals surface area contributed by atoms with E-state index in [-0.39, 0.29) is 4.90 Å². The van der Waals surface area contributed by atoms with Gasteiger partial charge in [-0.2, -0.15) is 0 Å². The van der Waals surface area contributed by atoms with E-state index in [1.807, 2.05) is 6.92 Å². The number of sulfonamides is 1. The Labute approximate surface area is 136 Å². The van der Waals surface area contributed by atoms with Crippen molar-refractivity contribution in [1.82, 2.24) is 10.3 Å². The molecule has 0 saturated heterocycles. The fourth-order valence-electron chi connectivity index (χ4n) is 2.13. The van der Waals surface area contributed by atoms with Gasteiger partial charge in [0.05, 0.1) is 10.6 Å². The normalized spacial score (nSPS) is 14.8. The minimum absolute atomic E-state index is 0.245. The highest BCUT2D eigenvalue weighted by Gasteiger charge is 2.20. The van der Waals surface area contributed by atoms with Crippen LogP contribution in [0.1, 0.15) is 16.1 Å². The number of halogens is 1. The van der Waals surface area contributed by atoms with Crippen LogP contribution in [0.15, 0.2) is 27.6 Å². The van der Waals surface area contributed by atoms with Crippen LogP contribution in [0.5, 0.6) is 0 Å². The summed E-state index contributed by atoms with van der Waals surface area (Å²) >= 11 is 4.76. The molecular formula is C13H14BrN3O2S2. The van der Waals surface area contributed by atoms with E-state index < -0.39 is 10.0 Å². The molecule has 0 unspecified atom stereocenters. The van der Waals surface area contributed by atoms with Crippen LogP contribution in [0, 0.1) is 6.92 Å². The zero-order valence-electron chi connectivity index (χ0n) is 11.3. The van der Waals surface area contributed by atoms with Crippen LogP contribution in [0.3, 0.4) is 0 Å². The SMILES string of the molecule is Cc1cc(S(=O)(=O)Nc2nc3c(s2)CNCC3)ccc1Br. The van der Waals surface area contributed by atoms with Crippen LogP contribution in [0.2, 0.25) is 0 Å². The molecule has 0 amide bonds. The number of nitrogens with one attached hydrogen (secondary N) is 2. The molecule has 8 heteroatoms. The summed E-state index contributed by atoms with van der Waals surface area (Å²) in [5.41, 5.74) is 1.86. The summed E-state index contributed by atoms with van der Waals surface area (Å²) in [6.45, 7) is 3.50. The van der Waals surface area contributed by atoms with Crippen molar-refractivity contribution in [1.29, 1.82) is 0 Å². The zero-order valence-corrected chi connectivity index (χ0v) is 14.5. The van der Waals surface area contributed by atoms with Crippen molar-refractivity contribution in [2.45, 2.75) is 24.8 Å². The molecule has 1 aromatic carbocycles. The third kappa shape index (κ3) is 3.13. The van der Waals surface area contributed by atoms with Crippen molar-refractivity contribution in [2.75, 3.05) is 11.3 Å². The summed E-state index contributed by atoms with van der Waals surface area (Å²) < 4.78 is 28.3. The molecular weight excluding hydrogens is 374 g/mol. The van der Waals surface area contributed by atoms with Crippen molar-refractivity contribution in [3.05, 3.63) is 38.8 Å². The first-order chi connectivity index (χ1) is 9.95. The van der Waals surface area contributed by atoms with Gasteiger partial charge in [-0.05, 0) is 30.7 Å². The number of fused-ring (bicyclic) bond motifs is 1. The lowest BCUT2D eigenvalue weighted by Gasteiger charge is -2.09. The maximum Gasteiger partial charge on any atom is 0.263 e. The molecule has 3 rings (SSSR count). The predicted molar refractivity (Wildman–Crippen MR) is 87.2 cm³/mol. The number of rotatable bonds is 3. The van der Waals surface area contributed by atoms with Gasteiger partial charge in [0.25, 0.3) is 10.0 Å². The number of hydrogen-bond donors (Lipinski definition) is 2. The monoisotopic (exact) mass is 387 g/mol. The summed E-state index contributed by atoms with van der Waals surface area (Å²) in [5.74, 6) is 0. The average Bonchev–Trinajstić information content (AvgIpc) is 2.82. The van der Waals surface area contributed by atoms with Crippen LogP contribution >= 0.6 is 27.3 Å². The molecule has 2 heterocycles. The Morgan fingerprint density at radius 2 is 2.24 bits per heavy atom. The van der Waals surface area contributed by atoms with Crippen molar-refractivity contribution in [3.8, 4) is 0 Å². The fraction of sp³-hybridized carbons (Fsp3) is 0.308. The number of aryl methyl sites for hydroxylation is 1. The maximum absolute atomic E-state index is 12.4. The topological polar surface area (TPSA) is 71.1 Å². The van der Waals surface area contributed by atoms with Crippen LogP contribution in [0.4, 0.5) is 5.13 Å². The summed E-state index contributed by atoms with van der Waals surface area (Å²) in [6.07, 6.45) is 0.838. The summed E-state index contributed by atoms with van der Waals surface area (Å²) in [6, 6.07) is 4.96. The molecule has 1 aliphatic rings. The number of anilines is 1. The Morgan fingerprint density at radius 3 is 2.95 bits per heavy atom. The van der Waals surface area contributed by atoms with E-state index in [0.717, 1.165) is 40.1 Å². The molecule has 5 nitrogen and oxygen atoms in total. The second-order valence-corrected chi connectivity index (χ2v) is 8.45. The Morgan fingerprint density at radius 1 is 1.43 bits per heavy atom. The molecule has 0 saturated carbocycles. The Hall–Kier alpha value is -0.960. The number of hydrogen-bond acceptors (Lipinski definition) is 5. The lowest BCUT2D eigenvalue weighted by molar-refractivity contribution is 0.601. The Bertz CT molecular complexity index is 763. The second-order valence-electron chi connectivity index (χ2n) is 4.83. The highest BCUT2D eigenvalue weighted by Crippen LogP contribution is 2.28. The predicted octanol–water partition coefficient (Wildman–Crippen LogP) is 2.66. The highest BCUT2D eigenvalue weighted by atomic mass is 79.9. The Kier molecular flexibility index (Phi) is 4.04. The molecule has 0 radical (unpaired) electrons. The summed E-state index contributed by atoms with van der Waals surface area (Å²) in [5, 5.41) is 3.68. The van der Waals surface area contributed by atoms with Crippen molar-refractivity contribution in [3.63, 3.8) is 0 Å². The van der Waals surface area contributed by atoms with Crippen molar-refractivity contribution >= 4 is 42.4 Å². The van der Waals surface area contributed by atoms with Gasteiger partial charge in [0, 0.05) is 28.9 Å². The molecule has 1 aliphatic heterocycles. The molecule has 0 atom stereocenters. The molecule has 2 aromatic rings. The number of aromatic nitrogens is 1. The second kappa shape index (κ2) is 5.68. The maximum atomic E-state index is 12.4. The van der Waals surface area contributed by atoms with Crippen LogP contribution in [0.25, 0.3) is 0 Å². The van der Waals surface area contributed by atoms with E-state index in [1.54, 1.807) is 18.2 Å². The highest BCUT2D eigenvalue weighted by molar-refractivity contribution is 9.10. The van der Waals surface area contributed by atoms with Crippen LogP contribution < -0.4 is 10.0 Å². The van der Waals surface area contributed by atoms with E-state index in [9.17, 15) is 8.42 Å². The van der Waals surface area contributed by atoms with E-state index >= 15 is 0 Å². The van der Waals surface area contributed by atoms with Gasteiger partial charge in [0.2, 0.25) is 0 Å². The molecule has 0 aliphatic carbocycles. The molecule has 112 valence electrons. The van der Waals surface area contributed by atoms with E-state index in [1.165, 1.54) is 11.3 Å². The quantitative estimate of drug-likeness (QED) is 0.848. The number of benzene rings is 1. The van der Waals surface area contributed by atoms with Gasteiger partial charge in [-0.25, -0.2) is 13.4 Å². The first-order valence-electron chi connectivity index (χ1n) is 6.44. The van der Waals surface area contributed by atoms with Gasteiger partial charge >= 0.3 is 0 Å². The smallest absolute Gasteiger partial charge is 0.263 e. The molecule has 1 aromatic heterocycles. The van der Waals surface area contributed by atoms with Gasteiger partial charge in [-0.1, -0.05) is 27.3 Å². The first kappa shape index (κ1) is 15.0. The lowest BCUT2D eigenvalue weighted by Crippen LogP contribution is -2.22. The average molecular weight is 388 g/mol. The molecule has 0 fully saturated rings. The first-order valence-corrected chi connectivity index (χ1v) is 9.53. The van der Waals surface area contributed by atoms with Crippen molar-refractivity contribution < 1.29 is 8.42 Å². The third-order valence-corrected chi connectivity index (χ3v) is 6.63. The van der Waals surface area contributed by atoms with Crippen molar-refractivity contribution in [2.24, 2.45) is 0 Å². The Balaban J connectivity index is 1.88. The molecule has 0 bridgehead atoms. The van der Waals surface area contributed by atoms with Crippen LogP contribution in [-0.2, 0) is 23.0 Å². The standard InChI is InChI=1S/C13H14BrN3O2S2/c1-8-6-9(2-3-10(8)14)21(18,19)17-13-16-11-4-5-15-7-12(11)20-13/h2-3,6,15H,4-5,7H2,1H3,(H,16,17). The van der Waals surface area contributed by atoms with Gasteiger partial charge < -0.3 is 5.32 Å². The molecule has 2 N–H and O–H groups in total. The lowest BCUT2D eigenvalue weighted by atomic mass is 10.2. The van der Waals surface area contributed by atoms with Crippen LogP contribution in [-0.4, -0.2) is 19.9 Å².